The van der Waals surface area contributed by atoms with Gasteiger partial charge in [-0.3, -0.25) is 9.59 Å². The summed E-state index contributed by atoms with van der Waals surface area (Å²) in [5, 5.41) is 2.93. The molecule has 0 bridgehead atoms. The molecule has 0 radical (unpaired) electrons. The third-order valence-electron chi connectivity index (χ3n) is 3.73. The van der Waals surface area contributed by atoms with Crippen LogP contribution in [0.3, 0.4) is 0 Å². The number of nitrogens with one attached hydrogen (secondary N) is 1. The molecule has 0 atom stereocenters. The molecule has 0 saturated heterocycles. The van der Waals surface area contributed by atoms with E-state index in [1.165, 1.54) is 19.3 Å². The van der Waals surface area contributed by atoms with E-state index in [-0.39, 0.29) is 17.6 Å². The number of hydrogen-bond acceptors (Lipinski definition) is 2. The molecule has 0 aromatic heterocycles. The largest absolute Gasteiger partial charge is 0.352 e. The lowest BCUT2D eigenvalue weighted by molar-refractivity contribution is -0.121. The first-order valence-corrected chi connectivity index (χ1v) is 8.44. The number of unbranched alkanes of at least 4 members (excludes halogenated alkanes) is 4. The molecule has 0 saturated carbocycles. The van der Waals surface area contributed by atoms with Gasteiger partial charge in [-0.25, -0.2) is 0 Å². The van der Waals surface area contributed by atoms with Gasteiger partial charge in [0.1, 0.15) is 0 Å². The topological polar surface area (TPSA) is 46.2 Å². The fourth-order valence-corrected chi connectivity index (χ4v) is 2.35. The summed E-state index contributed by atoms with van der Waals surface area (Å²) in [6.07, 6.45) is 6.35. The maximum atomic E-state index is 12.0. The van der Waals surface area contributed by atoms with Crippen molar-refractivity contribution in [1.29, 1.82) is 0 Å². The van der Waals surface area contributed by atoms with Gasteiger partial charge in [-0.15, -0.1) is 0 Å². The van der Waals surface area contributed by atoms with Crippen molar-refractivity contribution in [2.75, 3.05) is 0 Å². The van der Waals surface area contributed by atoms with Gasteiger partial charge in [0.15, 0.2) is 5.78 Å². The van der Waals surface area contributed by atoms with Crippen molar-refractivity contribution in [2.24, 2.45) is 5.92 Å². The predicted molar refractivity (Wildman–Crippen MR) is 90.8 cm³/mol. The second kappa shape index (κ2) is 10.1. The van der Waals surface area contributed by atoms with Gasteiger partial charge in [-0.05, 0) is 18.1 Å². The van der Waals surface area contributed by atoms with Crippen molar-refractivity contribution in [3.05, 3.63) is 35.4 Å². The van der Waals surface area contributed by atoms with Crippen LogP contribution in [-0.2, 0) is 11.3 Å². The van der Waals surface area contributed by atoms with Crippen molar-refractivity contribution in [2.45, 2.75) is 65.8 Å². The van der Waals surface area contributed by atoms with E-state index in [4.69, 9.17) is 0 Å². The van der Waals surface area contributed by atoms with Crippen LogP contribution in [0.1, 0.15) is 75.2 Å². The maximum absolute atomic E-state index is 12.0. The van der Waals surface area contributed by atoms with Crippen molar-refractivity contribution >= 4 is 11.7 Å². The first kappa shape index (κ1) is 18.4. The highest BCUT2D eigenvalue weighted by molar-refractivity contribution is 5.97. The predicted octanol–water partition coefficient (Wildman–Crippen LogP) is 4.50. The summed E-state index contributed by atoms with van der Waals surface area (Å²) in [7, 11) is 0. The highest BCUT2D eigenvalue weighted by atomic mass is 16.1. The van der Waals surface area contributed by atoms with Crippen molar-refractivity contribution in [3.8, 4) is 0 Å². The molecule has 3 heteroatoms. The van der Waals surface area contributed by atoms with Crippen LogP contribution in [0.15, 0.2) is 24.3 Å². The zero-order valence-corrected chi connectivity index (χ0v) is 14.2. The number of Topliss-reactive ketones (excluding diaryl/α,β-unsaturated/α-hetero) is 1. The summed E-state index contributed by atoms with van der Waals surface area (Å²) in [5.74, 6) is 0.231. The van der Waals surface area contributed by atoms with Crippen LogP contribution in [0.5, 0.6) is 0 Å². The van der Waals surface area contributed by atoms with E-state index in [1.807, 2.05) is 38.1 Å². The molecule has 0 unspecified atom stereocenters. The minimum absolute atomic E-state index is 0.00652. The number of carbonyl (C=O) groups is 2. The highest BCUT2D eigenvalue weighted by Gasteiger charge is 2.10. The molecule has 3 nitrogen and oxygen atoms in total. The average molecular weight is 303 g/mol. The molecule has 0 aliphatic carbocycles. The monoisotopic (exact) mass is 303 g/mol. The zero-order chi connectivity index (χ0) is 16.4. The van der Waals surface area contributed by atoms with Crippen molar-refractivity contribution in [1.82, 2.24) is 5.32 Å². The minimum atomic E-state index is -0.00652. The molecule has 1 N–H and O–H groups in total. The first-order valence-electron chi connectivity index (χ1n) is 8.44. The van der Waals surface area contributed by atoms with Crippen LogP contribution in [0.4, 0.5) is 0 Å². The molecule has 1 rings (SSSR count). The molecule has 1 aromatic carbocycles. The molecule has 0 fully saturated rings. The Balaban J connectivity index is 2.36. The van der Waals surface area contributed by atoms with Crippen molar-refractivity contribution < 1.29 is 9.59 Å². The molecule has 1 amide bonds. The van der Waals surface area contributed by atoms with E-state index in [9.17, 15) is 9.59 Å². The van der Waals surface area contributed by atoms with Gasteiger partial charge in [-0.2, -0.15) is 0 Å². The minimum Gasteiger partial charge on any atom is -0.352 e. The van der Waals surface area contributed by atoms with Gasteiger partial charge in [0, 0.05) is 24.4 Å². The van der Waals surface area contributed by atoms with Gasteiger partial charge < -0.3 is 5.32 Å². The van der Waals surface area contributed by atoms with E-state index in [1.54, 1.807) is 0 Å². The van der Waals surface area contributed by atoms with Crippen LogP contribution in [0.2, 0.25) is 0 Å². The number of amides is 1. The van der Waals surface area contributed by atoms with E-state index < -0.39 is 0 Å². The Morgan fingerprint density at radius 3 is 2.50 bits per heavy atom. The zero-order valence-electron chi connectivity index (χ0n) is 14.2. The summed E-state index contributed by atoms with van der Waals surface area (Å²) < 4.78 is 0. The Morgan fingerprint density at radius 2 is 1.82 bits per heavy atom. The Labute approximate surface area is 134 Å². The Hall–Kier alpha value is -1.64. The number of hydrogen-bond donors (Lipinski definition) is 1. The number of ketones is 1. The molecular weight excluding hydrogens is 274 g/mol. The standard InChI is InChI=1S/C19H29NO2/c1-4-5-6-7-8-12-18(21)20-14-16-10-9-11-17(13-16)19(22)15(2)3/h9-11,13,15H,4-8,12,14H2,1-3H3,(H,20,21). The van der Waals surface area contributed by atoms with Crippen LogP contribution < -0.4 is 5.32 Å². The molecule has 0 spiro atoms. The quantitative estimate of drug-likeness (QED) is 0.511. The van der Waals surface area contributed by atoms with Crippen LogP contribution in [-0.4, -0.2) is 11.7 Å². The fourth-order valence-electron chi connectivity index (χ4n) is 2.35. The summed E-state index contributed by atoms with van der Waals surface area (Å²) >= 11 is 0. The highest BCUT2D eigenvalue weighted by Crippen LogP contribution is 2.11. The second-order valence-electron chi connectivity index (χ2n) is 6.16. The van der Waals surface area contributed by atoms with Crippen LogP contribution in [0, 0.1) is 5.92 Å². The number of benzene rings is 1. The van der Waals surface area contributed by atoms with Crippen LogP contribution in [0.25, 0.3) is 0 Å². The van der Waals surface area contributed by atoms with E-state index in [0.717, 1.165) is 24.0 Å². The normalized spacial score (nSPS) is 10.7. The lowest BCUT2D eigenvalue weighted by atomic mass is 9.99. The molecule has 0 aliphatic rings. The van der Waals surface area contributed by atoms with Gasteiger partial charge in [0.2, 0.25) is 5.91 Å². The number of carbonyl (C=O) groups excluding carboxylic acids is 2. The Kier molecular flexibility index (Phi) is 8.49. The van der Waals surface area contributed by atoms with E-state index >= 15 is 0 Å². The summed E-state index contributed by atoms with van der Waals surface area (Å²) in [6.45, 7) is 6.47. The molecule has 0 aliphatic heterocycles. The van der Waals surface area contributed by atoms with E-state index in [0.29, 0.717) is 13.0 Å². The van der Waals surface area contributed by atoms with Crippen LogP contribution >= 0.6 is 0 Å². The fraction of sp³-hybridized carbons (Fsp3) is 0.579. The molecule has 122 valence electrons. The Bertz CT molecular complexity index is 480. The van der Waals surface area contributed by atoms with Gasteiger partial charge in [0.05, 0.1) is 0 Å². The average Bonchev–Trinajstić information content (AvgIpc) is 2.52. The SMILES string of the molecule is CCCCCCCC(=O)NCc1cccc(C(=O)C(C)C)c1. The van der Waals surface area contributed by atoms with E-state index in [2.05, 4.69) is 12.2 Å². The summed E-state index contributed by atoms with van der Waals surface area (Å²) in [5.41, 5.74) is 1.70. The second-order valence-corrected chi connectivity index (χ2v) is 6.16. The van der Waals surface area contributed by atoms with Gasteiger partial charge in [-0.1, -0.05) is 64.7 Å². The lowest BCUT2D eigenvalue weighted by Gasteiger charge is -2.08. The van der Waals surface area contributed by atoms with Gasteiger partial charge >= 0.3 is 0 Å². The third-order valence-corrected chi connectivity index (χ3v) is 3.73. The molecule has 22 heavy (non-hydrogen) atoms. The third kappa shape index (κ3) is 6.88. The lowest BCUT2D eigenvalue weighted by Crippen LogP contribution is -2.22. The maximum Gasteiger partial charge on any atom is 0.220 e. The van der Waals surface area contributed by atoms with Crippen molar-refractivity contribution in [3.63, 3.8) is 0 Å². The molecule has 0 heterocycles. The summed E-state index contributed by atoms with van der Waals surface area (Å²) in [4.78, 5) is 23.8. The molecule has 1 aromatic rings. The Morgan fingerprint density at radius 1 is 1.09 bits per heavy atom. The summed E-state index contributed by atoms with van der Waals surface area (Å²) in [6, 6.07) is 7.53. The number of rotatable bonds is 10. The first-order chi connectivity index (χ1) is 10.5. The smallest absolute Gasteiger partial charge is 0.220 e. The van der Waals surface area contributed by atoms with Gasteiger partial charge in [0.25, 0.3) is 0 Å². The molecular formula is C19H29NO2.